The molecule has 2 amide bonds. The first-order chi connectivity index (χ1) is 16.4. The predicted octanol–water partition coefficient (Wildman–Crippen LogP) is 5.05. The molecule has 190 valence electrons. The standard InChI is InChI=1S/C26H35ClN4O4/c1-16-14-30(8-9-31(16)25(33)35-26(4,5)6)15-20-10-21(27)12-22(17(20)2)29-24(32)19-11-23(34-7)18(3)28-13-19/h10-13,16H,8-9,14-15H2,1-7H3,(H,29,32)/t16-/m0/s1. The first-order valence-electron chi connectivity index (χ1n) is 11.7. The molecule has 2 aromatic rings. The zero-order valence-electron chi connectivity index (χ0n) is 21.6. The molecule has 1 N–H and O–H groups in total. The topological polar surface area (TPSA) is 84.0 Å². The van der Waals surface area contributed by atoms with Crippen molar-refractivity contribution in [2.75, 3.05) is 32.1 Å². The molecule has 0 spiro atoms. The molecule has 1 aromatic carbocycles. The first kappa shape index (κ1) is 26.8. The number of hydrogen-bond acceptors (Lipinski definition) is 6. The van der Waals surface area contributed by atoms with Crippen molar-refractivity contribution >= 4 is 29.3 Å². The molecule has 0 radical (unpaired) electrons. The summed E-state index contributed by atoms with van der Waals surface area (Å²) in [7, 11) is 1.55. The molecule has 1 aromatic heterocycles. The van der Waals surface area contributed by atoms with Crippen LogP contribution < -0.4 is 10.1 Å². The first-order valence-corrected chi connectivity index (χ1v) is 12.1. The molecule has 0 bridgehead atoms. The lowest BCUT2D eigenvalue weighted by molar-refractivity contribution is 0.000535. The summed E-state index contributed by atoms with van der Waals surface area (Å²) in [6.07, 6.45) is 1.25. The smallest absolute Gasteiger partial charge is 0.410 e. The zero-order chi connectivity index (χ0) is 25.9. The Hall–Kier alpha value is -2.84. The number of halogens is 1. The van der Waals surface area contributed by atoms with Crippen LogP contribution in [0.1, 0.15) is 54.9 Å². The largest absolute Gasteiger partial charge is 0.495 e. The minimum absolute atomic E-state index is 0.0151. The summed E-state index contributed by atoms with van der Waals surface area (Å²) in [5.41, 5.74) is 3.21. The third-order valence-corrected chi connectivity index (χ3v) is 6.20. The molecule has 1 aliphatic heterocycles. The van der Waals surface area contributed by atoms with E-state index in [0.717, 1.165) is 11.1 Å². The van der Waals surface area contributed by atoms with Crippen molar-refractivity contribution in [1.29, 1.82) is 0 Å². The van der Waals surface area contributed by atoms with Gasteiger partial charge in [0.2, 0.25) is 0 Å². The van der Waals surface area contributed by atoms with Crippen molar-refractivity contribution in [2.24, 2.45) is 0 Å². The van der Waals surface area contributed by atoms with E-state index in [-0.39, 0.29) is 18.0 Å². The van der Waals surface area contributed by atoms with Crippen molar-refractivity contribution < 1.29 is 19.1 Å². The fourth-order valence-electron chi connectivity index (χ4n) is 4.08. The van der Waals surface area contributed by atoms with E-state index in [9.17, 15) is 9.59 Å². The monoisotopic (exact) mass is 502 g/mol. The lowest BCUT2D eigenvalue weighted by Crippen LogP contribution is -2.54. The summed E-state index contributed by atoms with van der Waals surface area (Å²) in [6.45, 7) is 14.1. The number of amides is 2. The third-order valence-electron chi connectivity index (χ3n) is 5.98. The third kappa shape index (κ3) is 6.86. The lowest BCUT2D eigenvalue weighted by Gasteiger charge is -2.40. The highest BCUT2D eigenvalue weighted by Crippen LogP contribution is 2.28. The van der Waals surface area contributed by atoms with Crippen LogP contribution in [0.4, 0.5) is 10.5 Å². The van der Waals surface area contributed by atoms with Crippen molar-refractivity contribution in [3.63, 3.8) is 0 Å². The van der Waals surface area contributed by atoms with Crippen molar-refractivity contribution in [3.05, 3.63) is 51.8 Å². The predicted molar refractivity (Wildman–Crippen MR) is 137 cm³/mol. The Labute approximate surface area is 212 Å². The van der Waals surface area contributed by atoms with E-state index >= 15 is 0 Å². The number of carbonyl (C=O) groups excluding carboxylic acids is 2. The molecule has 0 aliphatic carbocycles. The minimum atomic E-state index is -0.521. The van der Waals surface area contributed by atoms with Gasteiger partial charge in [0.05, 0.1) is 18.4 Å². The van der Waals surface area contributed by atoms with Crippen LogP contribution in [0, 0.1) is 13.8 Å². The van der Waals surface area contributed by atoms with Gasteiger partial charge in [-0.2, -0.15) is 0 Å². The maximum Gasteiger partial charge on any atom is 0.410 e. The number of benzene rings is 1. The molecule has 35 heavy (non-hydrogen) atoms. The second-order valence-corrected chi connectivity index (χ2v) is 10.4. The van der Waals surface area contributed by atoms with Gasteiger partial charge in [-0.15, -0.1) is 0 Å². The Morgan fingerprint density at radius 3 is 2.54 bits per heavy atom. The van der Waals surface area contributed by atoms with Crippen LogP contribution in [0.15, 0.2) is 24.4 Å². The number of carbonyl (C=O) groups is 2. The van der Waals surface area contributed by atoms with Gasteiger partial charge < -0.3 is 19.7 Å². The molecule has 1 atom stereocenters. The number of nitrogens with zero attached hydrogens (tertiary/aromatic N) is 3. The molecule has 8 nitrogen and oxygen atoms in total. The van der Waals surface area contributed by atoms with Gasteiger partial charge in [0.15, 0.2) is 0 Å². The van der Waals surface area contributed by atoms with Gasteiger partial charge >= 0.3 is 6.09 Å². The molecular weight excluding hydrogens is 468 g/mol. The molecule has 1 fully saturated rings. The summed E-state index contributed by atoms with van der Waals surface area (Å²) in [4.78, 5) is 33.7. The summed E-state index contributed by atoms with van der Waals surface area (Å²) in [5, 5.41) is 3.50. The number of nitrogens with one attached hydrogen (secondary N) is 1. The van der Waals surface area contributed by atoms with Crippen LogP contribution in [-0.2, 0) is 11.3 Å². The van der Waals surface area contributed by atoms with E-state index in [1.807, 2.05) is 47.6 Å². The average Bonchev–Trinajstić information content (AvgIpc) is 2.76. The summed E-state index contributed by atoms with van der Waals surface area (Å²) in [5.74, 6) is 0.271. The number of aryl methyl sites for hydroxylation is 1. The molecule has 9 heteroatoms. The van der Waals surface area contributed by atoms with Gasteiger partial charge in [-0.25, -0.2) is 4.79 Å². The van der Waals surface area contributed by atoms with Gasteiger partial charge in [-0.1, -0.05) is 11.6 Å². The van der Waals surface area contributed by atoms with Gasteiger partial charge in [0, 0.05) is 49.1 Å². The number of rotatable bonds is 5. The highest BCUT2D eigenvalue weighted by Gasteiger charge is 2.31. The quantitative estimate of drug-likeness (QED) is 0.615. The molecule has 0 saturated carbocycles. The Morgan fingerprint density at radius 2 is 1.91 bits per heavy atom. The molecule has 3 rings (SSSR count). The van der Waals surface area contributed by atoms with E-state index in [1.165, 1.54) is 6.20 Å². The number of ether oxygens (including phenoxy) is 2. The number of aromatic nitrogens is 1. The van der Waals surface area contributed by atoms with Crippen molar-refractivity contribution in [1.82, 2.24) is 14.8 Å². The number of anilines is 1. The van der Waals surface area contributed by atoms with Crippen LogP contribution in [0.3, 0.4) is 0 Å². The number of hydrogen-bond donors (Lipinski definition) is 1. The van der Waals surface area contributed by atoms with E-state index in [2.05, 4.69) is 15.2 Å². The fraction of sp³-hybridized carbons (Fsp3) is 0.500. The Balaban J connectivity index is 1.70. The summed E-state index contributed by atoms with van der Waals surface area (Å²) < 4.78 is 10.8. The van der Waals surface area contributed by atoms with Crippen LogP contribution >= 0.6 is 11.6 Å². The van der Waals surface area contributed by atoms with Crippen LogP contribution in [0.5, 0.6) is 5.75 Å². The highest BCUT2D eigenvalue weighted by atomic mass is 35.5. The molecule has 2 heterocycles. The Kier molecular flexibility index (Phi) is 8.28. The zero-order valence-corrected chi connectivity index (χ0v) is 22.3. The van der Waals surface area contributed by atoms with Crippen molar-refractivity contribution in [2.45, 2.75) is 59.7 Å². The SMILES string of the molecule is COc1cc(C(=O)Nc2cc(Cl)cc(CN3CCN(C(=O)OC(C)(C)C)[C@@H](C)C3)c2C)cnc1C. The summed E-state index contributed by atoms with van der Waals surface area (Å²) >= 11 is 6.42. The molecule has 0 unspecified atom stereocenters. The minimum Gasteiger partial charge on any atom is -0.495 e. The highest BCUT2D eigenvalue weighted by molar-refractivity contribution is 6.31. The van der Waals surface area contributed by atoms with Crippen LogP contribution in [0.25, 0.3) is 0 Å². The van der Waals surface area contributed by atoms with Gasteiger partial charge in [-0.05, 0) is 70.9 Å². The fourth-order valence-corrected chi connectivity index (χ4v) is 4.32. The van der Waals surface area contributed by atoms with Gasteiger partial charge in [-0.3, -0.25) is 14.7 Å². The van der Waals surface area contributed by atoms with E-state index < -0.39 is 5.60 Å². The molecule has 1 saturated heterocycles. The molecular formula is C26H35ClN4O4. The van der Waals surface area contributed by atoms with Crippen LogP contribution in [0.2, 0.25) is 5.02 Å². The lowest BCUT2D eigenvalue weighted by atomic mass is 10.0. The van der Waals surface area contributed by atoms with E-state index in [1.54, 1.807) is 24.1 Å². The summed E-state index contributed by atoms with van der Waals surface area (Å²) in [6, 6.07) is 5.36. The number of piperazine rings is 1. The maximum absolute atomic E-state index is 12.9. The maximum atomic E-state index is 12.9. The normalized spacial score (nSPS) is 16.7. The average molecular weight is 503 g/mol. The van der Waals surface area contributed by atoms with Gasteiger partial charge in [0.25, 0.3) is 5.91 Å². The van der Waals surface area contributed by atoms with Crippen LogP contribution in [-0.4, -0.2) is 65.2 Å². The molecule has 1 aliphatic rings. The Morgan fingerprint density at radius 1 is 1.20 bits per heavy atom. The number of methoxy groups -OCH3 is 1. The second kappa shape index (κ2) is 10.8. The van der Waals surface area contributed by atoms with Gasteiger partial charge in [0.1, 0.15) is 11.4 Å². The van der Waals surface area contributed by atoms with Crippen molar-refractivity contribution in [3.8, 4) is 5.75 Å². The Bertz CT molecular complexity index is 1100. The second-order valence-electron chi connectivity index (χ2n) is 9.96. The number of pyridine rings is 1. The van der Waals surface area contributed by atoms with E-state index in [4.69, 9.17) is 21.1 Å². The van der Waals surface area contributed by atoms with E-state index in [0.29, 0.717) is 53.9 Å².